The van der Waals surface area contributed by atoms with Crippen LogP contribution in [0.25, 0.3) is 0 Å². The zero-order valence-corrected chi connectivity index (χ0v) is 19.7. The minimum absolute atomic E-state index is 0.580. The van der Waals surface area contributed by atoms with Gasteiger partial charge >= 0.3 is 0 Å². The minimum Gasteiger partial charge on any atom is -0.361 e. The zero-order chi connectivity index (χ0) is 23.3. The molecule has 0 atom stereocenters. The van der Waals surface area contributed by atoms with Gasteiger partial charge in [-0.3, -0.25) is 0 Å². The quantitative estimate of drug-likeness (QED) is 0.212. The molecule has 0 saturated carbocycles. The Hall–Kier alpha value is -3.56. The number of nitrogens with zero attached hydrogens (tertiary/aromatic N) is 2. The predicted molar refractivity (Wildman–Crippen MR) is 136 cm³/mol. The van der Waals surface area contributed by atoms with Crippen molar-refractivity contribution < 1.29 is 4.74 Å². The third-order valence-corrected chi connectivity index (χ3v) is 5.87. The van der Waals surface area contributed by atoms with Crippen LogP contribution in [0.4, 0.5) is 11.4 Å². The molecule has 0 aromatic heterocycles. The monoisotopic (exact) mass is 434 g/mol. The van der Waals surface area contributed by atoms with Crippen LogP contribution in [0, 0.1) is 20.8 Å². The highest BCUT2D eigenvalue weighted by Gasteiger charge is 2.37. The normalized spacial score (nSPS) is 11.8. The van der Waals surface area contributed by atoms with Gasteiger partial charge in [-0.1, -0.05) is 89.5 Å². The van der Waals surface area contributed by atoms with E-state index in [0.717, 1.165) is 28.1 Å². The Bertz CT molecular complexity index is 1160. The molecule has 0 aliphatic heterocycles. The van der Waals surface area contributed by atoms with Crippen molar-refractivity contribution in [2.24, 2.45) is 10.2 Å². The van der Waals surface area contributed by atoms with Gasteiger partial charge in [0.1, 0.15) is 5.60 Å². The van der Waals surface area contributed by atoms with Crippen LogP contribution in [0.5, 0.6) is 0 Å². The second kappa shape index (κ2) is 9.93. The van der Waals surface area contributed by atoms with Crippen molar-refractivity contribution in [1.29, 1.82) is 0 Å². The van der Waals surface area contributed by atoms with E-state index < -0.39 is 5.60 Å². The summed E-state index contributed by atoms with van der Waals surface area (Å²) < 4.78 is 6.59. The van der Waals surface area contributed by atoms with Crippen molar-refractivity contribution in [2.75, 3.05) is 6.61 Å². The van der Waals surface area contributed by atoms with E-state index in [-0.39, 0.29) is 0 Å². The first-order valence-corrected chi connectivity index (χ1v) is 11.4. The van der Waals surface area contributed by atoms with Crippen LogP contribution in [0.2, 0.25) is 0 Å². The first-order valence-electron chi connectivity index (χ1n) is 11.4. The molecule has 33 heavy (non-hydrogen) atoms. The van der Waals surface area contributed by atoms with Crippen LogP contribution < -0.4 is 0 Å². The summed E-state index contributed by atoms with van der Waals surface area (Å²) in [4.78, 5) is 0. The highest BCUT2D eigenvalue weighted by atomic mass is 16.5. The van der Waals surface area contributed by atoms with Gasteiger partial charge in [-0.25, -0.2) is 0 Å². The van der Waals surface area contributed by atoms with E-state index in [9.17, 15) is 0 Å². The fraction of sp³-hybridized carbons (Fsp3) is 0.200. The summed E-state index contributed by atoms with van der Waals surface area (Å²) in [6.07, 6.45) is 0. The summed E-state index contributed by atoms with van der Waals surface area (Å²) in [5.74, 6) is 0. The molecule has 0 heterocycles. The lowest BCUT2D eigenvalue weighted by Gasteiger charge is -2.35. The van der Waals surface area contributed by atoms with Gasteiger partial charge in [0.05, 0.1) is 11.4 Å². The number of azo groups is 1. The maximum Gasteiger partial charge on any atom is 0.143 e. The molecule has 0 saturated heterocycles. The third-order valence-electron chi connectivity index (χ3n) is 5.87. The summed E-state index contributed by atoms with van der Waals surface area (Å²) in [6.45, 7) is 8.89. The van der Waals surface area contributed by atoms with E-state index in [1.165, 1.54) is 16.7 Å². The lowest BCUT2D eigenvalue weighted by Crippen LogP contribution is -2.33. The van der Waals surface area contributed by atoms with Gasteiger partial charge in [0.15, 0.2) is 0 Å². The lowest BCUT2D eigenvalue weighted by atomic mass is 9.79. The van der Waals surface area contributed by atoms with Gasteiger partial charge in [0, 0.05) is 6.61 Å². The van der Waals surface area contributed by atoms with E-state index in [1.54, 1.807) is 0 Å². The van der Waals surface area contributed by atoms with Crippen molar-refractivity contribution in [3.63, 3.8) is 0 Å². The van der Waals surface area contributed by atoms with Gasteiger partial charge in [-0.15, -0.1) is 0 Å². The Kier molecular flexibility index (Phi) is 6.81. The number of rotatable bonds is 7. The minimum atomic E-state index is -0.706. The molecule has 0 N–H and O–H groups in total. The van der Waals surface area contributed by atoms with Gasteiger partial charge < -0.3 is 4.74 Å². The summed E-state index contributed by atoms with van der Waals surface area (Å²) in [6, 6.07) is 33.4. The molecule has 0 spiro atoms. The smallest absolute Gasteiger partial charge is 0.143 e. The number of hydrogen-bond donors (Lipinski definition) is 0. The van der Waals surface area contributed by atoms with Gasteiger partial charge in [0.2, 0.25) is 0 Å². The van der Waals surface area contributed by atoms with Crippen molar-refractivity contribution in [3.8, 4) is 0 Å². The number of benzene rings is 4. The van der Waals surface area contributed by atoms with Crippen molar-refractivity contribution in [3.05, 3.63) is 130 Å². The summed E-state index contributed by atoms with van der Waals surface area (Å²) in [7, 11) is 0. The molecule has 4 aromatic rings. The molecule has 0 fully saturated rings. The van der Waals surface area contributed by atoms with E-state index in [0.29, 0.717) is 6.61 Å². The molecule has 0 unspecified atom stereocenters. The summed E-state index contributed by atoms with van der Waals surface area (Å²) >= 11 is 0. The van der Waals surface area contributed by atoms with Crippen LogP contribution in [0.1, 0.15) is 40.3 Å². The fourth-order valence-corrected chi connectivity index (χ4v) is 4.03. The second-order valence-corrected chi connectivity index (χ2v) is 8.43. The molecule has 3 heteroatoms. The van der Waals surface area contributed by atoms with Crippen LogP contribution in [0.15, 0.2) is 107 Å². The fourth-order valence-electron chi connectivity index (χ4n) is 4.03. The lowest BCUT2D eigenvalue weighted by molar-refractivity contribution is 0.0216. The molecule has 0 aliphatic rings. The molecule has 3 nitrogen and oxygen atoms in total. The SMILES string of the molecule is CCOC(c1ccc(C)cc1)(c1ccc(C)cc1)c1ccc(N=Nc2ccc(C)cc2)cc1. The Balaban J connectivity index is 1.77. The highest BCUT2D eigenvalue weighted by Crippen LogP contribution is 2.41. The first-order chi connectivity index (χ1) is 16.0. The van der Waals surface area contributed by atoms with Gasteiger partial charge in [-0.2, -0.15) is 10.2 Å². The van der Waals surface area contributed by atoms with Gasteiger partial charge in [0.25, 0.3) is 0 Å². The van der Waals surface area contributed by atoms with E-state index in [4.69, 9.17) is 4.74 Å². The number of hydrogen-bond acceptors (Lipinski definition) is 3. The molecular weight excluding hydrogens is 404 g/mol. The van der Waals surface area contributed by atoms with E-state index >= 15 is 0 Å². The van der Waals surface area contributed by atoms with E-state index in [1.807, 2.05) is 43.3 Å². The van der Waals surface area contributed by atoms with E-state index in [2.05, 4.69) is 91.7 Å². The largest absolute Gasteiger partial charge is 0.361 e. The van der Waals surface area contributed by atoms with Gasteiger partial charge in [-0.05, 0) is 68.7 Å². The predicted octanol–water partition coefficient (Wildman–Crippen LogP) is 8.36. The van der Waals surface area contributed by atoms with Crippen molar-refractivity contribution >= 4 is 11.4 Å². The van der Waals surface area contributed by atoms with Crippen LogP contribution in [-0.2, 0) is 10.3 Å². The topological polar surface area (TPSA) is 34.0 Å². The molecule has 0 aliphatic carbocycles. The van der Waals surface area contributed by atoms with Crippen molar-refractivity contribution in [2.45, 2.75) is 33.3 Å². The average molecular weight is 435 g/mol. The molecule has 166 valence electrons. The third kappa shape index (κ3) is 4.94. The highest BCUT2D eigenvalue weighted by molar-refractivity contribution is 5.51. The molecular formula is C30H30N2O. The molecule has 0 bridgehead atoms. The second-order valence-electron chi connectivity index (χ2n) is 8.43. The number of aryl methyl sites for hydroxylation is 3. The Labute approximate surface area is 196 Å². The molecule has 4 rings (SSSR count). The average Bonchev–Trinajstić information content (AvgIpc) is 2.84. The van der Waals surface area contributed by atoms with Crippen LogP contribution in [0.3, 0.4) is 0 Å². The zero-order valence-electron chi connectivity index (χ0n) is 19.7. The van der Waals surface area contributed by atoms with Crippen LogP contribution >= 0.6 is 0 Å². The maximum absolute atomic E-state index is 6.59. The first kappa shape index (κ1) is 22.6. The number of ether oxygens (including phenoxy) is 1. The Morgan fingerprint density at radius 3 is 1.18 bits per heavy atom. The Morgan fingerprint density at radius 2 is 0.818 bits per heavy atom. The molecule has 4 aromatic carbocycles. The summed E-state index contributed by atoms with van der Waals surface area (Å²) in [5, 5.41) is 8.80. The van der Waals surface area contributed by atoms with Crippen molar-refractivity contribution in [1.82, 2.24) is 0 Å². The molecule has 0 radical (unpaired) electrons. The Morgan fingerprint density at radius 1 is 0.515 bits per heavy atom. The van der Waals surface area contributed by atoms with Crippen LogP contribution in [-0.4, -0.2) is 6.61 Å². The standard InChI is InChI=1S/C30H30N2O/c1-5-33-30(25-12-6-22(2)7-13-25,26-14-8-23(3)9-15-26)27-16-20-29(21-17-27)32-31-28-18-10-24(4)11-19-28/h6-21H,5H2,1-4H3. The summed E-state index contributed by atoms with van der Waals surface area (Å²) in [5.41, 5.74) is 7.86. The maximum atomic E-state index is 6.59. The molecule has 0 amide bonds.